The molecular formula is C19H19NO5S. The molecule has 3 rings (SSSR count). The lowest BCUT2D eigenvalue weighted by Crippen LogP contribution is -2.25. The van der Waals surface area contributed by atoms with E-state index in [0.29, 0.717) is 24.2 Å². The number of nitrogens with zero attached hydrogens (tertiary/aromatic N) is 1. The highest BCUT2D eigenvalue weighted by Gasteiger charge is 2.28. The number of Topliss-reactive ketones (excluding diaryl/α,β-unsaturated/α-hetero) is 1. The lowest BCUT2D eigenvalue weighted by atomic mass is 10.1. The number of carbonyl (C=O) groups excluding carboxylic acids is 2. The topological polar surface area (TPSA) is 80.8 Å². The Morgan fingerprint density at radius 2 is 1.65 bits per heavy atom. The molecule has 0 saturated carbocycles. The Hall–Kier alpha value is -2.67. The summed E-state index contributed by atoms with van der Waals surface area (Å²) < 4.78 is 30.4. The van der Waals surface area contributed by atoms with E-state index in [1.165, 1.54) is 23.4 Å². The molecule has 1 fully saturated rings. The van der Waals surface area contributed by atoms with Gasteiger partial charge in [0.2, 0.25) is 15.8 Å². The predicted octanol–water partition coefficient (Wildman–Crippen LogP) is 2.65. The van der Waals surface area contributed by atoms with Crippen LogP contribution < -0.4 is 4.31 Å². The van der Waals surface area contributed by atoms with Gasteiger partial charge in [-0.25, -0.2) is 13.2 Å². The zero-order valence-electron chi connectivity index (χ0n) is 14.3. The van der Waals surface area contributed by atoms with Gasteiger partial charge >= 0.3 is 5.97 Å². The predicted molar refractivity (Wildman–Crippen MR) is 97.8 cm³/mol. The van der Waals surface area contributed by atoms with E-state index in [1.807, 2.05) is 0 Å². The molecule has 1 aliphatic heterocycles. The Bertz CT molecular complexity index is 907. The molecule has 0 bridgehead atoms. The van der Waals surface area contributed by atoms with Crippen molar-refractivity contribution in [2.75, 3.05) is 16.6 Å². The highest BCUT2D eigenvalue weighted by molar-refractivity contribution is 7.93. The van der Waals surface area contributed by atoms with Gasteiger partial charge in [-0.1, -0.05) is 30.3 Å². The van der Waals surface area contributed by atoms with Gasteiger partial charge in [-0.2, -0.15) is 0 Å². The summed E-state index contributed by atoms with van der Waals surface area (Å²) in [6.07, 6.45) is -0.325. The Morgan fingerprint density at radius 3 is 2.23 bits per heavy atom. The molecule has 1 heterocycles. The number of anilines is 1. The van der Waals surface area contributed by atoms with Crippen LogP contribution >= 0.6 is 0 Å². The molecule has 6 nitrogen and oxygen atoms in total. The lowest BCUT2D eigenvalue weighted by molar-refractivity contribution is 0.0319. The van der Waals surface area contributed by atoms with E-state index in [1.54, 1.807) is 42.5 Å². The first-order valence-electron chi connectivity index (χ1n) is 8.29. The summed E-state index contributed by atoms with van der Waals surface area (Å²) in [7, 11) is -3.26. The monoisotopic (exact) mass is 373 g/mol. The normalized spacial score (nSPS) is 16.9. The molecule has 0 radical (unpaired) electrons. The van der Waals surface area contributed by atoms with E-state index in [9.17, 15) is 18.0 Å². The van der Waals surface area contributed by atoms with E-state index in [4.69, 9.17) is 4.74 Å². The average Bonchev–Trinajstić information content (AvgIpc) is 3.01. The van der Waals surface area contributed by atoms with E-state index in [2.05, 4.69) is 0 Å². The smallest absolute Gasteiger partial charge is 0.338 e. The number of ether oxygens (including phenoxy) is 1. The standard InChI is InChI=1S/C19H19NO5S/c1-14(18(21)15-6-3-2-4-7-15)25-19(22)16-8-10-17(11-9-16)20-12-5-13-26(20,23)24/h2-4,6-11,14H,5,12-13H2,1H3. The summed E-state index contributed by atoms with van der Waals surface area (Å²) >= 11 is 0. The second-order valence-electron chi connectivity index (χ2n) is 6.07. The van der Waals surface area contributed by atoms with Crippen LogP contribution in [0.2, 0.25) is 0 Å². The minimum Gasteiger partial charge on any atom is -0.451 e. The molecule has 0 aliphatic carbocycles. The molecule has 2 aromatic rings. The van der Waals surface area contributed by atoms with Gasteiger partial charge in [0.25, 0.3) is 0 Å². The summed E-state index contributed by atoms with van der Waals surface area (Å²) in [5, 5.41) is 0. The van der Waals surface area contributed by atoms with Gasteiger partial charge < -0.3 is 4.74 Å². The minimum absolute atomic E-state index is 0.135. The molecule has 0 aromatic heterocycles. The summed E-state index contributed by atoms with van der Waals surface area (Å²) in [4.78, 5) is 24.5. The van der Waals surface area contributed by atoms with Crippen LogP contribution in [0.3, 0.4) is 0 Å². The number of hydrogen-bond acceptors (Lipinski definition) is 5. The number of benzene rings is 2. The van der Waals surface area contributed by atoms with E-state index < -0.39 is 22.1 Å². The molecule has 1 saturated heterocycles. The van der Waals surface area contributed by atoms with Crippen LogP contribution in [0.1, 0.15) is 34.1 Å². The maximum atomic E-state index is 12.3. The van der Waals surface area contributed by atoms with E-state index in [0.717, 1.165) is 0 Å². The molecule has 26 heavy (non-hydrogen) atoms. The fourth-order valence-corrected chi connectivity index (χ4v) is 4.38. The van der Waals surface area contributed by atoms with Crippen molar-refractivity contribution in [1.29, 1.82) is 0 Å². The first-order valence-corrected chi connectivity index (χ1v) is 9.90. The quantitative estimate of drug-likeness (QED) is 0.595. The SMILES string of the molecule is CC(OC(=O)c1ccc(N2CCCS2(=O)=O)cc1)C(=O)c1ccccc1. The maximum Gasteiger partial charge on any atom is 0.338 e. The number of hydrogen-bond donors (Lipinski definition) is 0. The van der Waals surface area contributed by atoms with Crippen LogP contribution in [-0.2, 0) is 14.8 Å². The summed E-state index contributed by atoms with van der Waals surface area (Å²) in [5.74, 6) is -0.771. The Kier molecular flexibility index (Phi) is 5.08. The van der Waals surface area contributed by atoms with Crippen LogP contribution in [0.25, 0.3) is 0 Å². The Balaban J connectivity index is 1.68. The second-order valence-corrected chi connectivity index (χ2v) is 8.08. The van der Waals surface area contributed by atoms with Gasteiger partial charge in [-0.15, -0.1) is 0 Å². The van der Waals surface area contributed by atoms with Crippen molar-refractivity contribution < 1.29 is 22.7 Å². The molecule has 0 spiro atoms. The Morgan fingerprint density at radius 1 is 1.00 bits per heavy atom. The third-order valence-corrected chi connectivity index (χ3v) is 6.07. The van der Waals surface area contributed by atoms with E-state index in [-0.39, 0.29) is 17.1 Å². The largest absolute Gasteiger partial charge is 0.451 e. The van der Waals surface area contributed by atoms with Crippen LogP contribution in [0.4, 0.5) is 5.69 Å². The first-order chi connectivity index (χ1) is 12.4. The third kappa shape index (κ3) is 3.77. The summed E-state index contributed by atoms with van der Waals surface area (Å²) in [5.41, 5.74) is 1.26. The van der Waals surface area contributed by atoms with E-state index >= 15 is 0 Å². The van der Waals surface area contributed by atoms with Crippen LogP contribution in [0, 0.1) is 0 Å². The first kappa shape index (κ1) is 18.1. The number of carbonyl (C=O) groups is 2. The Labute approximate surface area is 152 Å². The van der Waals surface area contributed by atoms with Gasteiger partial charge in [0.15, 0.2) is 6.10 Å². The van der Waals surface area contributed by atoms with Crippen molar-refractivity contribution in [1.82, 2.24) is 0 Å². The molecule has 1 aliphatic rings. The molecular weight excluding hydrogens is 354 g/mol. The van der Waals surface area contributed by atoms with Gasteiger partial charge in [0.1, 0.15) is 0 Å². The molecule has 1 atom stereocenters. The number of ketones is 1. The lowest BCUT2D eigenvalue weighted by Gasteiger charge is -2.17. The molecule has 1 unspecified atom stereocenters. The number of rotatable bonds is 5. The maximum absolute atomic E-state index is 12.3. The van der Waals surface area contributed by atoms with Crippen LogP contribution in [-0.4, -0.2) is 38.6 Å². The molecule has 2 aromatic carbocycles. The summed E-state index contributed by atoms with van der Waals surface area (Å²) in [6.45, 7) is 1.97. The van der Waals surface area contributed by atoms with Crippen LogP contribution in [0.15, 0.2) is 54.6 Å². The third-order valence-electron chi connectivity index (χ3n) is 4.20. The highest BCUT2D eigenvalue weighted by atomic mass is 32.2. The average molecular weight is 373 g/mol. The number of sulfonamides is 1. The van der Waals surface area contributed by atoms with Crippen molar-refractivity contribution >= 4 is 27.5 Å². The van der Waals surface area contributed by atoms with Crippen LogP contribution in [0.5, 0.6) is 0 Å². The molecule has 136 valence electrons. The molecule has 7 heteroatoms. The van der Waals surface area contributed by atoms with Crippen molar-refractivity contribution in [3.8, 4) is 0 Å². The zero-order chi connectivity index (χ0) is 18.7. The van der Waals surface area contributed by atoms with Gasteiger partial charge in [0.05, 0.1) is 17.0 Å². The molecule has 0 amide bonds. The highest BCUT2D eigenvalue weighted by Crippen LogP contribution is 2.24. The number of esters is 1. The fourth-order valence-electron chi connectivity index (χ4n) is 2.81. The van der Waals surface area contributed by atoms with Crippen molar-refractivity contribution in [3.63, 3.8) is 0 Å². The molecule has 0 N–H and O–H groups in total. The fraction of sp³-hybridized carbons (Fsp3) is 0.263. The second kappa shape index (κ2) is 7.29. The van der Waals surface area contributed by atoms with Gasteiger partial charge in [-0.05, 0) is 37.6 Å². The zero-order valence-corrected chi connectivity index (χ0v) is 15.1. The van der Waals surface area contributed by atoms with Crippen molar-refractivity contribution in [2.45, 2.75) is 19.4 Å². The van der Waals surface area contributed by atoms with Gasteiger partial charge in [0, 0.05) is 12.1 Å². The van der Waals surface area contributed by atoms with Crippen molar-refractivity contribution in [2.24, 2.45) is 0 Å². The minimum atomic E-state index is -3.26. The van der Waals surface area contributed by atoms with Gasteiger partial charge in [-0.3, -0.25) is 9.10 Å². The van der Waals surface area contributed by atoms with Crippen molar-refractivity contribution in [3.05, 3.63) is 65.7 Å². The summed E-state index contributed by atoms with van der Waals surface area (Å²) in [6, 6.07) is 14.8.